The molecule has 1 aromatic rings. The average Bonchev–Trinajstić information content (AvgIpc) is 2.79. The molecular formula is C10H12FN3. The molecule has 2 aliphatic rings. The minimum absolute atomic E-state index is 0.124. The molecule has 0 aromatic carbocycles. The summed E-state index contributed by atoms with van der Waals surface area (Å²) in [5, 5.41) is 0. The summed E-state index contributed by atoms with van der Waals surface area (Å²) in [6, 6.07) is 0. The van der Waals surface area contributed by atoms with Crippen LogP contribution in [-0.4, -0.2) is 34.5 Å². The van der Waals surface area contributed by atoms with Gasteiger partial charge in [0.25, 0.3) is 0 Å². The van der Waals surface area contributed by atoms with Crippen LogP contribution in [0, 0.1) is 5.92 Å². The summed E-state index contributed by atoms with van der Waals surface area (Å²) in [6.45, 7) is 2.42. The van der Waals surface area contributed by atoms with Gasteiger partial charge in [0, 0.05) is 31.4 Å². The second-order valence-electron chi connectivity index (χ2n) is 4.17. The van der Waals surface area contributed by atoms with Crippen molar-refractivity contribution in [2.24, 2.45) is 5.92 Å². The fourth-order valence-electron chi connectivity index (χ4n) is 2.61. The van der Waals surface area contributed by atoms with Crippen molar-refractivity contribution >= 4 is 0 Å². The lowest BCUT2D eigenvalue weighted by atomic mass is 9.87. The highest BCUT2D eigenvalue weighted by Crippen LogP contribution is 2.45. The average molecular weight is 193 g/mol. The standard InChI is InChI=1S/C10H12FN3/c11-10(9-5-12-2-3-13-9)7-14-4-1-8(10)6-14/h2-3,5,8H,1,4,6-7H2/t8-,10-/m1/s1. The molecule has 3 heterocycles. The Morgan fingerprint density at radius 3 is 3.00 bits per heavy atom. The smallest absolute Gasteiger partial charge is 0.170 e. The zero-order valence-electron chi connectivity index (χ0n) is 7.86. The van der Waals surface area contributed by atoms with Crippen LogP contribution in [0.25, 0.3) is 0 Å². The lowest BCUT2D eigenvalue weighted by Crippen LogP contribution is -2.36. The SMILES string of the molecule is F[C@]1(c2cnccn2)CN2CC[C@@H]1C2. The predicted octanol–water partition coefficient (Wildman–Crippen LogP) is 0.977. The molecule has 3 nitrogen and oxygen atoms in total. The lowest BCUT2D eigenvalue weighted by Gasteiger charge is -2.28. The van der Waals surface area contributed by atoms with Crippen molar-refractivity contribution in [1.82, 2.24) is 14.9 Å². The summed E-state index contributed by atoms with van der Waals surface area (Å²) in [7, 11) is 0. The van der Waals surface area contributed by atoms with Crippen LogP contribution in [0.5, 0.6) is 0 Å². The van der Waals surface area contributed by atoms with E-state index in [0.29, 0.717) is 12.2 Å². The van der Waals surface area contributed by atoms with Crippen LogP contribution < -0.4 is 0 Å². The van der Waals surface area contributed by atoms with Crippen LogP contribution in [-0.2, 0) is 5.67 Å². The summed E-state index contributed by atoms with van der Waals surface area (Å²) >= 11 is 0. The lowest BCUT2D eigenvalue weighted by molar-refractivity contribution is 0.0861. The van der Waals surface area contributed by atoms with E-state index in [1.165, 1.54) is 0 Å². The van der Waals surface area contributed by atoms with Crippen LogP contribution in [0.15, 0.2) is 18.6 Å². The first-order valence-corrected chi connectivity index (χ1v) is 4.97. The molecular weight excluding hydrogens is 181 g/mol. The van der Waals surface area contributed by atoms with Gasteiger partial charge in [0.2, 0.25) is 0 Å². The third kappa shape index (κ3) is 1.00. The summed E-state index contributed by atoms with van der Waals surface area (Å²) in [6.07, 6.45) is 5.66. The Bertz CT molecular complexity index is 342. The second kappa shape index (κ2) is 2.73. The Labute approximate surface area is 82.0 Å². The fourth-order valence-corrected chi connectivity index (χ4v) is 2.61. The number of fused-ring (bicyclic) bond motifs is 2. The maximum atomic E-state index is 14.6. The van der Waals surface area contributed by atoms with Crippen LogP contribution in [0.4, 0.5) is 4.39 Å². The van der Waals surface area contributed by atoms with Gasteiger partial charge in [0.05, 0.1) is 11.9 Å². The Morgan fingerprint density at radius 1 is 1.50 bits per heavy atom. The van der Waals surface area contributed by atoms with Crippen molar-refractivity contribution < 1.29 is 4.39 Å². The first kappa shape index (κ1) is 8.29. The highest BCUT2D eigenvalue weighted by molar-refractivity contribution is 5.17. The van der Waals surface area contributed by atoms with Crippen molar-refractivity contribution in [3.63, 3.8) is 0 Å². The van der Waals surface area contributed by atoms with Crippen LogP contribution in [0.2, 0.25) is 0 Å². The van der Waals surface area contributed by atoms with E-state index in [1.54, 1.807) is 18.6 Å². The molecule has 0 spiro atoms. The van der Waals surface area contributed by atoms with Crippen molar-refractivity contribution in [3.8, 4) is 0 Å². The van der Waals surface area contributed by atoms with Gasteiger partial charge >= 0.3 is 0 Å². The second-order valence-corrected chi connectivity index (χ2v) is 4.17. The van der Waals surface area contributed by atoms with Crippen molar-refractivity contribution in [2.45, 2.75) is 12.1 Å². The van der Waals surface area contributed by atoms with Crippen LogP contribution in [0.1, 0.15) is 12.1 Å². The summed E-state index contributed by atoms with van der Waals surface area (Å²) in [5.74, 6) is 0.124. The molecule has 1 unspecified atom stereocenters. The number of rotatable bonds is 1. The normalized spacial score (nSPS) is 40.4. The molecule has 0 saturated carbocycles. The molecule has 1 aromatic heterocycles. The number of hydrogen-bond acceptors (Lipinski definition) is 3. The number of piperidine rings is 1. The van der Waals surface area contributed by atoms with Gasteiger partial charge in [0.15, 0.2) is 5.67 Å². The summed E-state index contributed by atoms with van der Waals surface area (Å²) < 4.78 is 14.6. The molecule has 0 N–H and O–H groups in total. The molecule has 14 heavy (non-hydrogen) atoms. The number of hydrogen-bond donors (Lipinski definition) is 0. The maximum absolute atomic E-state index is 14.6. The van der Waals surface area contributed by atoms with Gasteiger partial charge in [0.1, 0.15) is 0 Å². The van der Waals surface area contributed by atoms with E-state index in [0.717, 1.165) is 19.5 Å². The molecule has 0 amide bonds. The van der Waals surface area contributed by atoms with E-state index in [1.807, 2.05) is 0 Å². The Kier molecular flexibility index (Phi) is 1.62. The van der Waals surface area contributed by atoms with Crippen LogP contribution >= 0.6 is 0 Å². The van der Waals surface area contributed by atoms with E-state index >= 15 is 0 Å². The summed E-state index contributed by atoms with van der Waals surface area (Å²) in [5.41, 5.74) is -0.737. The number of alkyl halides is 1. The highest BCUT2D eigenvalue weighted by Gasteiger charge is 2.52. The first-order chi connectivity index (χ1) is 6.79. The van der Waals surface area contributed by atoms with Gasteiger partial charge in [-0.05, 0) is 13.0 Å². The van der Waals surface area contributed by atoms with Gasteiger partial charge in [-0.3, -0.25) is 14.9 Å². The molecule has 0 radical (unpaired) electrons. The van der Waals surface area contributed by atoms with E-state index < -0.39 is 5.67 Å². The first-order valence-electron chi connectivity index (χ1n) is 4.97. The molecule has 74 valence electrons. The Hall–Kier alpha value is -1.03. The van der Waals surface area contributed by atoms with Crippen molar-refractivity contribution in [2.75, 3.05) is 19.6 Å². The van der Waals surface area contributed by atoms with Crippen molar-refractivity contribution in [3.05, 3.63) is 24.3 Å². The number of halogens is 1. The molecule has 3 rings (SSSR count). The zero-order valence-corrected chi connectivity index (χ0v) is 7.86. The zero-order chi connectivity index (χ0) is 9.60. The Balaban J connectivity index is 1.98. The fraction of sp³-hybridized carbons (Fsp3) is 0.600. The number of aromatic nitrogens is 2. The predicted molar refractivity (Wildman–Crippen MR) is 49.4 cm³/mol. The number of nitrogens with zero attached hydrogens (tertiary/aromatic N) is 3. The Morgan fingerprint density at radius 2 is 2.43 bits per heavy atom. The largest absolute Gasteiger partial charge is 0.299 e. The van der Waals surface area contributed by atoms with Gasteiger partial charge in [-0.2, -0.15) is 0 Å². The molecule has 3 atom stereocenters. The third-order valence-electron chi connectivity index (χ3n) is 3.36. The summed E-state index contributed by atoms with van der Waals surface area (Å²) in [4.78, 5) is 10.2. The molecule has 0 aliphatic carbocycles. The van der Waals surface area contributed by atoms with Gasteiger partial charge in [-0.15, -0.1) is 0 Å². The van der Waals surface area contributed by atoms with Gasteiger partial charge in [-0.1, -0.05) is 0 Å². The maximum Gasteiger partial charge on any atom is 0.170 e. The van der Waals surface area contributed by atoms with Crippen LogP contribution in [0.3, 0.4) is 0 Å². The van der Waals surface area contributed by atoms with E-state index in [9.17, 15) is 4.39 Å². The van der Waals surface area contributed by atoms with Gasteiger partial charge in [-0.25, -0.2) is 4.39 Å². The molecule has 2 bridgehead atoms. The minimum Gasteiger partial charge on any atom is -0.299 e. The molecule has 2 saturated heterocycles. The van der Waals surface area contributed by atoms with E-state index in [2.05, 4.69) is 14.9 Å². The minimum atomic E-state index is -1.24. The van der Waals surface area contributed by atoms with Gasteiger partial charge < -0.3 is 0 Å². The third-order valence-corrected chi connectivity index (χ3v) is 3.36. The quantitative estimate of drug-likeness (QED) is 0.665. The molecule has 2 aliphatic heterocycles. The monoisotopic (exact) mass is 193 g/mol. The van der Waals surface area contributed by atoms with E-state index in [-0.39, 0.29) is 5.92 Å². The topological polar surface area (TPSA) is 29.0 Å². The van der Waals surface area contributed by atoms with Crippen molar-refractivity contribution in [1.29, 1.82) is 0 Å². The molecule has 2 fully saturated rings. The molecule has 4 heteroatoms. The van der Waals surface area contributed by atoms with E-state index in [4.69, 9.17) is 0 Å². The highest BCUT2D eigenvalue weighted by atomic mass is 19.1.